The lowest BCUT2D eigenvalue weighted by atomic mass is 9.95. The summed E-state index contributed by atoms with van der Waals surface area (Å²) in [7, 11) is -1.42. The number of carbonyl (C=O) groups is 1. The number of carbonyl (C=O) groups excluding carboxylic acids is 1. The molecule has 0 radical (unpaired) electrons. The standard InChI is InChI=1S/C29H37F6N7O3Si/c1-19(39-23-15-38-42(18-45-11-12-46(2,3)4)27(44)24(23)29(33,34)35)16-40-8-5-21(17-40)26(43)41-9-6-20(7-10-41)25-36-13-22(14-37-25)28(30,31)32/h5,8,13-15,17,19-20,39H,6-7,9-12,16,18H2,1-4H3. The highest BCUT2D eigenvalue weighted by Gasteiger charge is 2.39. The monoisotopic (exact) mass is 673 g/mol. The van der Waals surface area contributed by atoms with Crippen LogP contribution in [0, 0.1) is 0 Å². The molecule has 1 fully saturated rings. The van der Waals surface area contributed by atoms with E-state index in [1.807, 2.05) is 0 Å². The van der Waals surface area contributed by atoms with Gasteiger partial charge < -0.3 is 19.5 Å². The second kappa shape index (κ2) is 13.9. The Bertz CT molecular complexity index is 1540. The Labute approximate surface area is 262 Å². The molecule has 0 saturated carbocycles. The van der Waals surface area contributed by atoms with Crippen LogP contribution in [-0.4, -0.2) is 68.9 Å². The number of halogens is 6. The van der Waals surface area contributed by atoms with Crippen LogP contribution in [0.3, 0.4) is 0 Å². The largest absolute Gasteiger partial charge is 0.423 e. The van der Waals surface area contributed by atoms with Crippen LogP contribution < -0.4 is 10.9 Å². The smallest absolute Gasteiger partial charge is 0.379 e. The first-order chi connectivity index (χ1) is 21.4. The topological polar surface area (TPSA) is 107 Å². The molecule has 1 atom stereocenters. The van der Waals surface area contributed by atoms with Gasteiger partial charge >= 0.3 is 12.4 Å². The van der Waals surface area contributed by atoms with Gasteiger partial charge in [-0.3, -0.25) is 9.59 Å². The minimum absolute atomic E-state index is 0.177. The SMILES string of the molecule is CC(Cn1ccc(C(=O)N2CCC(c3ncc(C(F)(F)F)cn3)CC2)c1)Nc1cnn(COCC[Si](C)(C)C)c(=O)c1C(F)(F)F. The number of nitrogens with one attached hydrogen (secondary N) is 1. The highest BCUT2D eigenvalue weighted by molar-refractivity contribution is 6.76. The third kappa shape index (κ3) is 9.17. The fraction of sp³-hybridized carbons (Fsp3) is 0.552. The van der Waals surface area contributed by atoms with Crippen molar-refractivity contribution in [1.29, 1.82) is 0 Å². The number of hydrogen-bond donors (Lipinski definition) is 1. The summed E-state index contributed by atoms with van der Waals surface area (Å²) in [5, 5.41) is 6.61. The first-order valence-corrected chi connectivity index (χ1v) is 18.5. The van der Waals surface area contributed by atoms with Crippen molar-refractivity contribution < 1.29 is 35.9 Å². The average molecular weight is 674 g/mol. The van der Waals surface area contributed by atoms with E-state index in [1.165, 1.54) is 0 Å². The number of alkyl halides is 6. The molecular formula is C29H37F6N7O3Si. The highest BCUT2D eigenvalue weighted by atomic mass is 28.3. The molecule has 3 aromatic rings. The first-order valence-electron chi connectivity index (χ1n) is 14.8. The molecule has 0 spiro atoms. The van der Waals surface area contributed by atoms with E-state index in [2.05, 4.69) is 40.0 Å². The summed E-state index contributed by atoms with van der Waals surface area (Å²) in [6.45, 7) is 8.87. The number of rotatable bonds is 11. The highest BCUT2D eigenvalue weighted by Crippen LogP contribution is 2.33. The number of ether oxygens (including phenoxy) is 1. The molecular weight excluding hydrogens is 636 g/mol. The number of anilines is 1. The Morgan fingerprint density at radius 3 is 2.30 bits per heavy atom. The lowest BCUT2D eigenvalue weighted by Crippen LogP contribution is -2.38. The first kappa shape index (κ1) is 35.1. The lowest BCUT2D eigenvalue weighted by molar-refractivity contribution is -0.139. The lowest BCUT2D eigenvalue weighted by Gasteiger charge is -2.31. The molecule has 0 bridgehead atoms. The molecule has 1 saturated heterocycles. The molecule has 3 aromatic heterocycles. The molecule has 1 N–H and O–H groups in total. The number of amides is 1. The molecule has 0 aromatic carbocycles. The minimum atomic E-state index is -4.93. The Kier molecular flexibility index (Phi) is 10.6. The summed E-state index contributed by atoms with van der Waals surface area (Å²) in [5.41, 5.74) is -3.66. The predicted octanol–water partition coefficient (Wildman–Crippen LogP) is 5.71. The number of nitrogens with zero attached hydrogens (tertiary/aromatic N) is 6. The summed E-state index contributed by atoms with van der Waals surface area (Å²) in [4.78, 5) is 35.2. The van der Waals surface area contributed by atoms with Crippen LogP contribution in [-0.2, 0) is 30.4 Å². The summed E-state index contributed by atoms with van der Waals surface area (Å²) in [5.74, 6) is -0.117. The summed E-state index contributed by atoms with van der Waals surface area (Å²) in [6.07, 6.45) is -2.77. The molecule has 1 unspecified atom stereocenters. The third-order valence-electron chi connectivity index (χ3n) is 7.57. The van der Waals surface area contributed by atoms with Gasteiger partial charge in [0.2, 0.25) is 0 Å². The van der Waals surface area contributed by atoms with Gasteiger partial charge in [0.25, 0.3) is 11.5 Å². The van der Waals surface area contributed by atoms with Gasteiger partial charge in [0.05, 0.1) is 23.0 Å². The van der Waals surface area contributed by atoms with E-state index < -0.39 is 48.8 Å². The van der Waals surface area contributed by atoms with Crippen LogP contribution in [0.25, 0.3) is 0 Å². The van der Waals surface area contributed by atoms with E-state index in [4.69, 9.17) is 4.74 Å². The van der Waals surface area contributed by atoms with Crippen molar-refractivity contribution in [2.24, 2.45) is 0 Å². The number of likely N-dealkylation sites (tertiary alicyclic amines) is 1. The van der Waals surface area contributed by atoms with Gasteiger partial charge in [0.1, 0.15) is 18.1 Å². The van der Waals surface area contributed by atoms with Gasteiger partial charge in [-0.1, -0.05) is 19.6 Å². The van der Waals surface area contributed by atoms with Crippen LogP contribution in [0.1, 0.15) is 53.0 Å². The average Bonchev–Trinajstić information content (AvgIpc) is 3.42. The van der Waals surface area contributed by atoms with Crippen molar-refractivity contribution in [3.63, 3.8) is 0 Å². The van der Waals surface area contributed by atoms with Crippen LogP contribution in [0.5, 0.6) is 0 Å². The van der Waals surface area contributed by atoms with E-state index in [-0.39, 0.29) is 25.1 Å². The van der Waals surface area contributed by atoms with E-state index in [0.29, 0.717) is 48.6 Å². The number of aromatic nitrogens is 5. The molecule has 1 aliphatic rings. The van der Waals surface area contributed by atoms with Crippen molar-refractivity contribution in [3.05, 3.63) is 69.9 Å². The fourth-order valence-electron chi connectivity index (χ4n) is 5.02. The van der Waals surface area contributed by atoms with Crippen molar-refractivity contribution in [2.75, 3.05) is 25.0 Å². The van der Waals surface area contributed by atoms with Gasteiger partial charge in [-0.15, -0.1) is 0 Å². The Morgan fingerprint density at radius 1 is 1.07 bits per heavy atom. The molecule has 1 aliphatic heterocycles. The van der Waals surface area contributed by atoms with E-state index in [9.17, 15) is 35.9 Å². The Morgan fingerprint density at radius 2 is 1.72 bits per heavy atom. The van der Waals surface area contributed by atoms with E-state index in [1.54, 1.807) is 34.9 Å². The van der Waals surface area contributed by atoms with Gasteiger partial charge in [-0.2, -0.15) is 31.4 Å². The van der Waals surface area contributed by atoms with Crippen LogP contribution in [0.2, 0.25) is 25.7 Å². The molecule has 4 rings (SSSR count). The summed E-state index contributed by atoms with van der Waals surface area (Å²) >= 11 is 0. The molecule has 1 amide bonds. The zero-order chi connectivity index (χ0) is 33.9. The van der Waals surface area contributed by atoms with Gasteiger partial charge in [-0.25, -0.2) is 14.6 Å². The number of piperidine rings is 1. The van der Waals surface area contributed by atoms with Crippen LogP contribution in [0.4, 0.5) is 32.0 Å². The maximum absolute atomic E-state index is 13.9. The molecule has 4 heterocycles. The molecule has 10 nitrogen and oxygen atoms in total. The molecule has 252 valence electrons. The van der Waals surface area contributed by atoms with Crippen molar-refractivity contribution in [1.82, 2.24) is 29.2 Å². The summed E-state index contributed by atoms with van der Waals surface area (Å²) < 4.78 is 88.0. The quantitative estimate of drug-likeness (QED) is 0.158. The fourth-order valence-corrected chi connectivity index (χ4v) is 5.78. The Balaban J connectivity index is 1.34. The second-order valence-electron chi connectivity index (χ2n) is 12.6. The van der Waals surface area contributed by atoms with Crippen molar-refractivity contribution in [2.45, 2.75) is 83.0 Å². The zero-order valence-electron chi connectivity index (χ0n) is 26.0. The predicted molar refractivity (Wildman–Crippen MR) is 160 cm³/mol. The van der Waals surface area contributed by atoms with E-state index in [0.717, 1.165) is 24.6 Å². The maximum Gasteiger partial charge on any atom is 0.423 e. The normalized spacial score (nSPS) is 15.7. The number of hydrogen-bond acceptors (Lipinski definition) is 7. The second-order valence-corrected chi connectivity index (χ2v) is 18.2. The summed E-state index contributed by atoms with van der Waals surface area (Å²) in [6, 6.07) is 1.81. The van der Waals surface area contributed by atoms with Gasteiger partial charge in [-0.05, 0) is 31.9 Å². The Hall–Kier alpha value is -3.73. The van der Waals surface area contributed by atoms with Crippen LogP contribution >= 0.6 is 0 Å². The maximum atomic E-state index is 13.9. The molecule has 46 heavy (non-hydrogen) atoms. The van der Waals surface area contributed by atoms with E-state index >= 15 is 0 Å². The minimum Gasteiger partial charge on any atom is -0.379 e. The zero-order valence-corrected chi connectivity index (χ0v) is 27.0. The molecule has 0 aliphatic carbocycles. The van der Waals surface area contributed by atoms with Crippen LogP contribution in [0.15, 0.2) is 41.8 Å². The van der Waals surface area contributed by atoms with Crippen molar-refractivity contribution in [3.8, 4) is 0 Å². The third-order valence-corrected chi connectivity index (χ3v) is 9.27. The molecule has 17 heteroatoms. The van der Waals surface area contributed by atoms with Gasteiger partial charge in [0.15, 0.2) is 0 Å². The van der Waals surface area contributed by atoms with Gasteiger partial charge in [0, 0.05) is 71.1 Å². The van der Waals surface area contributed by atoms with Crippen molar-refractivity contribution >= 4 is 19.7 Å².